The first-order valence-electron chi connectivity index (χ1n) is 6.22. The van der Waals surface area contributed by atoms with Crippen molar-refractivity contribution < 1.29 is 4.79 Å². The van der Waals surface area contributed by atoms with Crippen LogP contribution in [0, 0.1) is 6.92 Å². The van der Waals surface area contributed by atoms with Gasteiger partial charge in [0.1, 0.15) is 10.7 Å². The first kappa shape index (κ1) is 13.7. The second-order valence-corrected chi connectivity index (χ2v) is 5.61. The highest BCUT2D eigenvalue weighted by molar-refractivity contribution is 7.09. The molecule has 100 valence electrons. The molecule has 0 saturated heterocycles. The molecule has 5 heteroatoms. The van der Waals surface area contributed by atoms with Gasteiger partial charge in [-0.15, -0.1) is 11.3 Å². The Morgan fingerprint density at radius 2 is 2.16 bits per heavy atom. The average molecular weight is 275 g/mol. The molecule has 2 aromatic heterocycles. The molecule has 2 aromatic rings. The van der Waals surface area contributed by atoms with Crippen LogP contribution in [0.5, 0.6) is 0 Å². The molecule has 0 aliphatic carbocycles. The van der Waals surface area contributed by atoms with Crippen molar-refractivity contribution in [3.8, 4) is 0 Å². The van der Waals surface area contributed by atoms with Gasteiger partial charge in [-0.3, -0.25) is 4.79 Å². The van der Waals surface area contributed by atoms with E-state index in [1.54, 1.807) is 17.4 Å². The lowest BCUT2D eigenvalue weighted by atomic mass is 10.2. The molecule has 0 atom stereocenters. The summed E-state index contributed by atoms with van der Waals surface area (Å²) in [7, 11) is 0. The summed E-state index contributed by atoms with van der Waals surface area (Å²) in [6.45, 7) is 6.53. The van der Waals surface area contributed by atoms with E-state index >= 15 is 0 Å². The van der Waals surface area contributed by atoms with Crippen LogP contribution in [0.2, 0.25) is 0 Å². The molecule has 0 fully saturated rings. The van der Waals surface area contributed by atoms with E-state index in [9.17, 15) is 4.79 Å². The van der Waals surface area contributed by atoms with Crippen molar-refractivity contribution in [2.75, 3.05) is 0 Å². The van der Waals surface area contributed by atoms with E-state index < -0.39 is 0 Å². The third-order valence-corrected chi connectivity index (χ3v) is 3.55. The minimum atomic E-state index is -0.162. The third-order valence-electron chi connectivity index (χ3n) is 2.68. The Kier molecular flexibility index (Phi) is 4.27. The fourth-order valence-electron chi connectivity index (χ4n) is 1.59. The van der Waals surface area contributed by atoms with Gasteiger partial charge in [0, 0.05) is 11.1 Å². The van der Waals surface area contributed by atoms with Gasteiger partial charge >= 0.3 is 0 Å². The van der Waals surface area contributed by atoms with Crippen LogP contribution in [0.1, 0.15) is 46.6 Å². The first-order chi connectivity index (χ1) is 9.06. The quantitative estimate of drug-likeness (QED) is 0.933. The normalized spacial score (nSPS) is 10.7. The van der Waals surface area contributed by atoms with E-state index in [1.807, 2.05) is 24.4 Å². The molecule has 0 unspecified atom stereocenters. The highest BCUT2D eigenvalue weighted by Crippen LogP contribution is 2.17. The molecule has 0 radical (unpaired) electrons. The molecule has 2 rings (SSSR count). The summed E-state index contributed by atoms with van der Waals surface area (Å²) in [5.41, 5.74) is 2.35. The van der Waals surface area contributed by atoms with E-state index in [2.05, 4.69) is 29.1 Å². The number of thiazole rings is 1. The minimum absolute atomic E-state index is 0.162. The summed E-state index contributed by atoms with van der Waals surface area (Å²) >= 11 is 1.57. The van der Waals surface area contributed by atoms with Crippen LogP contribution >= 0.6 is 11.3 Å². The Hall–Kier alpha value is -1.75. The van der Waals surface area contributed by atoms with Crippen molar-refractivity contribution in [3.63, 3.8) is 0 Å². The van der Waals surface area contributed by atoms with E-state index in [4.69, 9.17) is 0 Å². The third kappa shape index (κ3) is 3.61. The van der Waals surface area contributed by atoms with Gasteiger partial charge in [0.15, 0.2) is 0 Å². The highest BCUT2D eigenvalue weighted by atomic mass is 32.1. The molecular formula is C14H17N3OS. The molecule has 0 aromatic carbocycles. The zero-order valence-electron chi connectivity index (χ0n) is 11.3. The summed E-state index contributed by atoms with van der Waals surface area (Å²) in [5.74, 6) is 0.254. The van der Waals surface area contributed by atoms with Gasteiger partial charge in [-0.25, -0.2) is 9.97 Å². The van der Waals surface area contributed by atoms with E-state index in [-0.39, 0.29) is 5.91 Å². The number of aryl methyl sites for hydroxylation is 1. The number of aromatic nitrogens is 2. The Balaban J connectivity index is 1.96. The number of amides is 1. The van der Waals surface area contributed by atoms with Crippen molar-refractivity contribution in [2.24, 2.45) is 0 Å². The largest absolute Gasteiger partial charge is 0.344 e. The minimum Gasteiger partial charge on any atom is -0.344 e. The Labute approximate surface area is 116 Å². The maximum atomic E-state index is 11.9. The second-order valence-electron chi connectivity index (χ2n) is 4.67. The average Bonchev–Trinajstić information content (AvgIpc) is 2.85. The lowest BCUT2D eigenvalue weighted by Crippen LogP contribution is -2.23. The van der Waals surface area contributed by atoms with Crippen molar-refractivity contribution in [3.05, 3.63) is 45.7 Å². The highest BCUT2D eigenvalue weighted by Gasteiger charge is 2.09. The van der Waals surface area contributed by atoms with Crippen LogP contribution in [0.4, 0.5) is 0 Å². The van der Waals surface area contributed by atoms with Gasteiger partial charge in [-0.1, -0.05) is 19.9 Å². The van der Waals surface area contributed by atoms with Gasteiger partial charge in [-0.05, 0) is 25.0 Å². The Morgan fingerprint density at radius 3 is 2.79 bits per heavy atom. The summed E-state index contributed by atoms with van der Waals surface area (Å²) in [4.78, 5) is 20.6. The van der Waals surface area contributed by atoms with Crippen molar-refractivity contribution in [1.82, 2.24) is 15.3 Å². The summed E-state index contributed by atoms with van der Waals surface area (Å²) in [6, 6.07) is 5.41. The molecular weight excluding hydrogens is 258 g/mol. The predicted octanol–water partition coefficient (Wildman–Crippen LogP) is 2.90. The van der Waals surface area contributed by atoms with Crippen LogP contribution in [0.3, 0.4) is 0 Å². The second kappa shape index (κ2) is 5.93. The maximum Gasteiger partial charge on any atom is 0.270 e. The van der Waals surface area contributed by atoms with E-state index in [0.29, 0.717) is 18.2 Å². The fraction of sp³-hybridized carbons (Fsp3) is 0.357. The number of nitrogens with one attached hydrogen (secondary N) is 1. The van der Waals surface area contributed by atoms with Crippen molar-refractivity contribution in [1.29, 1.82) is 0 Å². The molecule has 0 aliphatic heterocycles. The molecule has 4 nitrogen and oxygen atoms in total. The molecule has 1 amide bonds. The van der Waals surface area contributed by atoms with Gasteiger partial charge in [0.05, 0.1) is 12.2 Å². The maximum absolute atomic E-state index is 11.9. The lowest BCUT2D eigenvalue weighted by Gasteiger charge is -2.03. The number of pyridine rings is 1. The lowest BCUT2D eigenvalue weighted by molar-refractivity contribution is 0.0945. The molecule has 19 heavy (non-hydrogen) atoms. The number of rotatable bonds is 4. The standard InChI is InChI=1S/C14H17N3OS/c1-9(2)12-8-19-13(17-12)7-15-14(18)11-6-4-5-10(3)16-11/h4-6,8-9H,7H2,1-3H3,(H,15,18). The van der Waals surface area contributed by atoms with E-state index in [1.165, 1.54) is 0 Å². The van der Waals surface area contributed by atoms with Crippen LogP contribution in [-0.2, 0) is 6.54 Å². The van der Waals surface area contributed by atoms with Crippen LogP contribution in [-0.4, -0.2) is 15.9 Å². The summed E-state index contributed by atoms with van der Waals surface area (Å²) in [5, 5.41) is 5.80. The fourth-order valence-corrected chi connectivity index (χ4v) is 2.48. The Bertz CT molecular complexity index is 578. The van der Waals surface area contributed by atoms with Crippen molar-refractivity contribution in [2.45, 2.75) is 33.2 Å². The number of nitrogens with zero attached hydrogens (tertiary/aromatic N) is 2. The number of hydrogen-bond donors (Lipinski definition) is 1. The van der Waals surface area contributed by atoms with Crippen molar-refractivity contribution >= 4 is 17.2 Å². The topological polar surface area (TPSA) is 54.9 Å². The zero-order valence-corrected chi connectivity index (χ0v) is 12.1. The molecule has 0 saturated carbocycles. The monoisotopic (exact) mass is 275 g/mol. The van der Waals surface area contributed by atoms with Gasteiger partial charge in [0.2, 0.25) is 0 Å². The smallest absolute Gasteiger partial charge is 0.270 e. The van der Waals surface area contributed by atoms with Crippen LogP contribution in [0.15, 0.2) is 23.6 Å². The van der Waals surface area contributed by atoms with Gasteiger partial charge in [-0.2, -0.15) is 0 Å². The number of carbonyl (C=O) groups is 1. The molecule has 1 N–H and O–H groups in total. The summed E-state index contributed by atoms with van der Waals surface area (Å²) < 4.78 is 0. The predicted molar refractivity (Wildman–Crippen MR) is 76.3 cm³/mol. The zero-order chi connectivity index (χ0) is 13.8. The number of hydrogen-bond acceptors (Lipinski definition) is 4. The van der Waals surface area contributed by atoms with Crippen LogP contribution in [0.25, 0.3) is 0 Å². The van der Waals surface area contributed by atoms with Crippen LogP contribution < -0.4 is 5.32 Å². The van der Waals surface area contributed by atoms with Gasteiger partial charge in [0.25, 0.3) is 5.91 Å². The van der Waals surface area contributed by atoms with E-state index in [0.717, 1.165) is 16.4 Å². The molecule has 0 bridgehead atoms. The Morgan fingerprint density at radius 1 is 1.37 bits per heavy atom. The summed E-state index contributed by atoms with van der Waals surface area (Å²) in [6.07, 6.45) is 0. The SMILES string of the molecule is Cc1cccc(C(=O)NCc2nc(C(C)C)cs2)n1. The number of carbonyl (C=O) groups excluding carboxylic acids is 1. The molecule has 0 spiro atoms. The first-order valence-corrected chi connectivity index (χ1v) is 7.10. The van der Waals surface area contributed by atoms with Gasteiger partial charge < -0.3 is 5.32 Å². The molecule has 0 aliphatic rings. The molecule has 2 heterocycles.